The molecule has 0 saturated carbocycles. The summed E-state index contributed by atoms with van der Waals surface area (Å²) < 4.78 is 16.8. The van der Waals surface area contributed by atoms with Crippen molar-refractivity contribution in [3.63, 3.8) is 0 Å². The molecule has 0 aromatic heterocycles. The molecule has 0 bridgehead atoms. The van der Waals surface area contributed by atoms with E-state index in [1.54, 1.807) is 0 Å². The van der Waals surface area contributed by atoms with Crippen LogP contribution in [-0.2, 0) is 28.6 Å². The summed E-state index contributed by atoms with van der Waals surface area (Å²) in [6.45, 7) is 6.64. The molecule has 68 heavy (non-hydrogen) atoms. The largest absolute Gasteiger partial charge is 0.462 e. The summed E-state index contributed by atoms with van der Waals surface area (Å²) in [5.41, 5.74) is 0. The quantitative estimate of drug-likeness (QED) is 0.0262. The molecule has 0 rings (SSSR count). The Morgan fingerprint density at radius 3 is 0.824 bits per heavy atom. The first-order valence-corrected chi connectivity index (χ1v) is 30.3. The van der Waals surface area contributed by atoms with E-state index in [2.05, 4.69) is 45.1 Å². The van der Waals surface area contributed by atoms with Crippen molar-refractivity contribution in [3.05, 3.63) is 24.3 Å². The monoisotopic (exact) mass is 957 g/mol. The van der Waals surface area contributed by atoms with Crippen LogP contribution in [0.5, 0.6) is 0 Å². The molecule has 1 atom stereocenters. The number of ether oxygens (including phenoxy) is 3. The summed E-state index contributed by atoms with van der Waals surface area (Å²) in [5, 5.41) is 0. The molecule has 0 aliphatic rings. The second-order valence-corrected chi connectivity index (χ2v) is 20.6. The van der Waals surface area contributed by atoms with Crippen LogP contribution in [0.1, 0.15) is 335 Å². The molecular weight excluding hydrogens is 841 g/mol. The Hall–Kier alpha value is -2.11. The number of carbonyl (C=O) groups is 3. The van der Waals surface area contributed by atoms with Gasteiger partial charge in [0.2, 0.25) is 0 Å². The molecule has 6 nitrogen and oxygen atoms in total. The topological polar surface area (TPSA) is 78.9 Å². The number of rotatable bonds is 56. The van der Waals surface area contributed by atoms with Crippen LogP contribution in [0.3, 0.4) is 0 Å². The lowest BCUT2D eigenvalue weighted by Crippen LogP contribution is -2.30. The van der Waals surface area contributed by atoms with Crippen LogP contribution >= 0.6 is 0 Å². The van der Waals surface area contributed by atoms with Gasteiger partial charge in [0.1, 0.15) is 13.2 Å². The lowest BCUT2D eigenvalue weighted by molar-refractivity contribution is -0.167. The summed E-state index contributed by atoms with van der Waals surface area (Å²) in [5.74, 6) is -0.861. The first kappa shape index (κ1) is 65.9. The van der Waals surface area contributed by atoms with E-state index in [1.165, 1.54) is 225 Å². The second kappa shape index (κ2) is 57.5. The lowest BCUT2D eigenvalue weighted by atomic mass is 10.0. The minimum atomic E-state index is -0.770. The van der Waals surface area contributed by atoms with Crippen molar-refractivity contribution in [2.75, 3.05) is 13.2 Å². The number of allylic oxidation sites excluding steroid dienone is 4. The van der Waals surface area contributed by atoms with Crippen LogP contribution in [0.2, 0.25) is 0 Å². The van der Waals surface area contributed by atoms with Gasteiger partial charge in [-0.2, -0.15) is 0 Å². The Labute approximate surface area is 423 Å². The Morgan fingerprint density at radius 2 is 0.529 bits per heavy atom. The molecule has 0 aromatic rings. The van der Waals surface area contributed by atoms with Gasteiger partial charge in [0.15, 0.2) is 6.10 Å². The molecular formula is C62H116O6. The normalized spacial score (nSPS) is 12.1. The molecule has 0 fully saturated rings. The van der Waals surface area contributed by atoms with E-state index >= 15 is 0 Å². The molecule has 0 amide bonds. The SMILES string of the molecule is CCCCCC/C=C\C/C=C\CCCCCCCCCC(=O)OC(COC(=O)CCCCCCCCCC)COC(=O)CCCCCCCCCCCCCCCCCCCCCCCCCC. The zero-order chi connectivity index (χ0) is 49.3. The summed E-state index contributed by atoms with van der Waals surface area (Å²) >= 11 is 0. The summed E-state index contributed by atoms with van der Waals surface area (Å²) in [6.07, 6.45) is 67.7. The Bertz CT molecular complexity index is 1100. The first-order valence-electron chi connectivity index (χ1n) is 30.3. The Kier molecular flexibility index (Phi) is 55.7. The Balaban J connectivity index is 4.14. The third-order valence-corrected chi connectivity index (χ3v) is 13.7. The maximum absolute atomic E-state index is 12.8. The van der Waals surface area contributed by atoms with E-state index < -0.39 is 6.10 Å². The van der Waals surface area contributed by atoms with Gasteiger partial charge in [0.25, 0.3) is 0 Å². The van der Waals surface area contributed by atoms with E-state index in [9.17, 15) is 14.4 Å². The van der Waals surface area contributed by atoms with Gasteiger partial charge in [-0.05, 0) is 51.4 Å². The molecule has 0 aromatic carbocycles. The van der Waals surface area contributed by atoms with Crippen LogP contribution in [0, 0.1) is 0 Å². The molecule has 0 radical (unpaired) electrons. The van der Waals surface area contributed by atoms with Gasteiger partial charge in [-0.25, -0.2) is 0 Å². The molecule has 1 unspecified atom stereocenters. The van der Waals surface area contributed by atoms with Crippen molar-refractivity contribution >= 4 is 17.9 Å². The fourth-order valence-corrected chi connectivity index (χ4v) is 9.12. The highest BCUT2D eigenvalue weighted by Gasteiger charge is 2.19. The smallest absolute Gasteiger partial charge is 0.306 e. The third-order valence-electron chi connectivity index (χ3n) is 13.7. The van der Waals surface area contributed by atoms with Gasteiger partial charge in [0, 0.05) is 19.3 Å². The van der Waals surface area contributed by atoms with Crippen molar-refractivity contribution in [2.24, 2.45) is 0 Å². The summed E-state index contributed by atoms with van der Waals surface area (Å²) in [7, 11) is 0. The molecule has 0 spiro atoms. The van der Waals surface area contributed by atoms with Crippen LogP contribution in [0.15, 0.2) is 24.3 Å². The third kappa shape index (κ3) is 54.8. The van der Waals surface area contributed by atoms with Crippen molar-refractivity contribution in [3.8, 4) is 0 Å². The maximum Gasteiger partial charge on any atom is 0.306 e. The minimum Gasteiger partial charge on any atom is -0.462 e. The number of hydrogen-bond acceptors (Lipinski definition) is 6. The summed E-state index contributed by atoms with van der Waals surface area (Å²) in [6, 6.07) is 0. The first-order chi connectivity index (χ1) is 33.5. The zero-order valence-electron chi connectivity index (χ0n) is 45.9. The van der Waals surface area contributed by atoms with Gasteiger partial charge in [-0.15, -0.1) is 0 Å². The summed E-state index contributed by atoms with van der Waals surface area (Å²) in [4.78, 5) is 38.0. The van der Waals surface area contributed by atoms with Crippen LogP contribution < -0.4 is 0 Å². The van der Waals surface area contributed by atoms with Gasteiger partial charge < -0.3 is 14.2 Å². The average Bonchev–Trinajstić information content (AvgIpc) is 3.34. The van der Waals surface area contributed by atoms with E-state index in [0.29, 0.717) is 19.3 Å². The van der Waals surface area contributed by atoms with Crippen molar-refractivity contribution in [2.45, 2.75) is 341 Å². The lowest BCUT2D eigenvalue weighted by Gasteiger charge is -2.18. The molecule has 0 saturated heterocycles. The molecule has 6 heteroatoms. The predicted octanol–water partition coefficient (Wildman–Crippen LogP) is 20.3. The zero-order valence-corrected chi connectivity index (χ0v) is 45.9. The van der Waals surface area contributed by atoms with Crippen LogP contribution in [0.4, 0.5) is 0 Å². The Morgan fingerprint density at radius 1 is 0.294 bits per heavy atom. The molecule has 0 aliphatic heterocycles. The van der Waals surface area contributed by atoms with Crippen LogP contribution in [0.25, 0.3) is 0 Å². The second-order valence-electron chi connectivity index (χ2n) is 20.6. The van der Waals surface area contributed by atoms with Gasteiger partial charge in [-0.1, -0.05) is 289 Å². The number of hydrogen-bond donors (Lipinski definition) is 0. The van der Waals surface area contributed by atoms with E-state index in [4.69, 9.17) is 14.2 Å². The van der Waals surface area contributed by atoms with Crippen molar-refractivity contribution < 1.29 is 28.6 Å². The van der Waals surface area contributed by atoms with Crippen molar-refractivity contribution in [1.29, 1.82) is 0 Å². The molecule has 0 N–H and O–H groups in total. The number of unbranched alkanes of at least 4 members (excludes halogenated alkanes) is 41. The van der Waals surface area contributed by atoms with E-state index in [-0.39, 0.29) is 31.1 Å². The average molecular weight is 958 g/mol. The maximum atomic E-state index is 12.8. The highest BCUT2D eigenvalue weighted by molar-refractivity contribution is 5.71. The molecule has 0 heterocycles. The molecule has 0 aliphatic carbocycles. The number of carbonyl (C=O) groups excluding carboxylic acids is 3. The van der Waals surface area contributed by atoms with Crippen LogP contribution in [-0.4, -0.2) is 37.2 Å². The highest BCUT2D eigenvalue weighted by Crippen LogP contribution is 2.17. The van der Waals surface area contributed by atoms with Gasteiger partial charge >= 0.3 is 17.9 Å². The standard InChI is InChI=1S/C62H116O6/c1-4-7-10-13-16-19-21-23-25-27-29-30-31-32-33-34-36-37-39-41-43-46-49-52-55-61(64)67-58-59(57-66-60(63)54-51-48-45-18-15-12-9-6-3)68-62(65)56-53-50-47-44-42-40-38-35-28-26-24-22-20-17-14-11-8-5-2/h20,22,26,28,59H,4-19,21,23-25,27,29-58H2,1-3H3/b22-20-,28-26-. The van der Waals surface area contributed by atoms with E-state index in [1.807, 2.05) is 0 Å². The van der Waals surface area contributed by atoms with Crippen molar-refractivity contribution in [1.82, 2.24) is 0 Å². The highest BCUT2D eigenvalue weighted by atomic mass is 16.6. The molecule has 400 valence electrons. The van der Waals surface area contributed by atoms with Gasteiger partial charge in [0.05, 0.1) is 0 Å². The predicted molar refractivity (Wildman–Crippen MR) is 293 cm³/mol. The fourth-order valence-electron chi connectivity index (χ4n) is 9.12. The minimum absolute atomic E-state index is 0.0694. The van der Waals surface area contributed by atoms with Gasteiger partial charge in [-0.3, -0.25) is 14.4 Å². The number of esters is 3. The fraction of sp³-hybridized carbons (Fsp3) is 0.887. The van der Waals surface area contributed by atoms with E-state index in [0.717, 1.165) is 70.6 Å².